The Hall–Kier alpha value is -3.58. The molecule has 0 aliphatic carbocycles. The van der Waals surface area contributed by atoms with Crippen molar-refractivity contribution in [3.63, 3.8) is 0 Å². The summed E-state index contributed by atoms with van der Waals surface area (Å²) >= 11 is 1.30. The lowest BCUT2D eigenvalue weighted by Crippen LogP contribution is -2.41. The number of rotatable bonds is 3. The van der Waals surface area contributed by atoms with E-state index in [1.54, 1.807) is 36.0 Å². The van der Waals surface area contributed by atoms with E-state index in [0.29, 0.717) is 27.0 Å². The molecule has 0 unspecified atom stereocenters. The average molecular weight is 374 g/mol. The van der Waals surface area contributed by atoms with Gasteiger partial charge in [0.05, 0.1) is 21.7 Å². The van der Waals surface area contributed by atoms with Gasteiger partial charge in [0.1, 0.15) is 0 Å². The van der Waals surface area contributed by atoms with Crippen LogP contribution in [0.3, 0.4) is 0 Å². The van der Waals surface area contributed by atoms with Gasteiger partial charge in [0, 0.05) is 23.3 Å². The molecule has 1 aromatic carbocycles. The van der Waals surface area contributed by atoms with E-state index >= 15 is 0 Å². The van der Waals surface area contributed by atoms with Crippen LogP contribution in [0.2, 0.25) is 0 Å². The number of nitrogens with one attached hydrogen (secondary N) is 2. The van der Waals surface area contributed by atoms with Crippen LogP contribution in [0.1, 0.15) is 20.0 Å². The monoisotopic (exact) mass is 374 g/mol. The quantitative estimate of drug-likeness (QED) is 0.538. The second kappa shape index (κ2) is 7.35. The molecule has 3 heterocycles. The van der Waals surface area contributed by atoms with Crippen LogP contribution in [0.5, 0.6) is 0 Å². The molecule has 0 atom stereocenters. The summed E-state index contributed by atoms with van der Waals surface area (Å²) in [5.74, 6) is -0.764. The molecule has 6 nitrogen and oxygen atoms in total. The molecule has 7 heteroatoms. The van der Waals surface area contributed by atoms with Crippen LogP contribution in [-0.2, 0) is 0 Å². The molecule has 0 radical (unpaired) electrons. The van der Waals surface area contributed by atoms with Crippen molar-refractivity contribution in [2.45, 2.75) is 0 Å². The minimum absolute atomic E-state index is 0.355. The first kappa shape index (κ1) is 16.9. The maximum absolute atomic E-state index is 12.8. The van der Waals surface area contributed by atoms with Gasteiger partial charge in [-0.2, -0.15) is 0 Å². The summed E-state index contributed by atoms with van der Waals surface area (Å²) in [6, 6.07) is 16.2. The number of aromatic nitrogens is 2. The number of hydrogen-bond acceptors (Lipinski definition) is 5. The molecule has 3 aromatic heterocycles. The second-order valence-corrected chi connectivity index (χ2v) is 6.64. The van der Waals surface area contributed by atoms with Crippen molar-refractivity contribution in [2.75, 3.05) is 0 Å². The highest BCUT2D eigenvalue weighted by atomic mass is 32.1. The van der Waals surface area contributed by atoms with E-state index in [4.69, 9.17) is 0 Å². The van der Waals surface area contributed by atoms with Crippen molar-refractivity contribution < 1.29 is 9.59 Å². The summed E-state index contributed by atoms with van der Waals surface area (Å²) in [7, 11) is 0. The Morgan fingerprint density at radius 2 is 1.67 bits per heavy atom. The number of para-hydroxylation sites is 1. The Morgan fingerprint density at radius 3 is 2.44 bits per heavy atom. The summed E-state index contributed by atoms with van der Waals surface area (Å²) in [5, 5.41) is 2.51. The van der Waals surface area contributed by atoms with E-state index < -0.39 is 5.91 Å². The molecule has 0 aliphatic heterocycles. The largest absolute Gasteiger partial charge is 0.279 e. The van der Waals surface area contributed by atoms with Crippen molar-refractivity contribution in [2.24, 2.45) is 0 Å². The van der Waals surface area contributed by atoms with Gasteiger partial charge in [-0.3, -0.25) is 25.4 Å². The highest BCUT2D eigenvalue weighted by molar-refractivity contribution is 7.12. The van der Waals surface area contributed by atoms with Crippen LogP contribution in [0.4, 0.5) is 0 Å². The molecule has 0 saturated carbocycles. The Balaban J connectivity index is 1.67. The average Bonchev–Trinajstić information content (AvgIpc) is 3.26. The van der Waals surface area contributed by atoms with E-state index in [2.05, 4.69) is 20.8 Å². The van der Waals surface area contributed by atoms with Crippen LogP contribution in [0.25, 0.3) is 22.2 Å². The number of fused-ring (bicyclic) bond motifs is 1. The SMILES string of the molecule is O=C(NNC(=O)c1cc(-c2ccncc2)nc2ccccc12)c1cccs1. The molecular weight excluding hydrogens is 360 g/mol. The molecule has 0 aliphatic rings. The Bertz CT molecular complexity index is 1110. The Labute approximate surface area is 158 Å². The van der Waals surface area contributed by atoms with Crippen molar-refractivity contribution >= 4 is 34.1 Å². The van der Waals surface area contributed by atoms with Gasteiger partial charge in [-0.15, -0.1) is 11.3 Å². The van der Waals surface area contributed by atoms with E-state index in [1.807, 2.05) is 36.4 Å². The van der Waals surface area contributed by atoms with Crippen LogP contribution >= 0.6 is 11.3 Å². The molecule has 4 aromatic rings. The maximum atomic E-state index is 12.8. The van der Waals surface area contributed by atoms with E-state index in [-0.39, 0.29) is 5.91 Å². The number of carbonyl (C=O) groups is 2. The molecule has 132 valence electrons. The standard InChI is InChI=1S/C20H14N4O2S/c25-19(23-24-20(26)18-6-3-11-27-18)15-12-17(13-7-9-21-10-8-13)22-16-5-2-1-4-14(15)16/h1-12H,(H,23,25)(H,24,26). The van der Waals surface area contributed by atoms with Crippen LogP contribution in [0.15, 0.2) is 72.4 Å². The first-order chi connectivity index (χ1) is 13.2. The van der Waals surface area contributed by atoms with Crippen LogP contribution in [0, 0.1) is 0 Å². The third-order valence-corrected chi connectivity index (χ3v) is 4.84. The fourth-order valence-corrected chi connectivity index (χ4v) is 3.30. The van der Waals surface area contributed by atoms with Gasteiger partial charge in [0.2, 0.25) is 0 Å². The molecule has 0 saturated heterocycles. The van der Waals surface area contributed by atoms with Gasteiger partial charge in [-0.05, 0) is 35.7 Å². The minimum atomic E-state index is -0.409. The topological polar surface area (TPSA) is 84.0 Å². The van der Waals surface area contributed by atoms with Gasteiger partial charge in [0.25, 0.3) is 11.8 Å². The van der Waals surface area contributed by atoms with Gasteiger partial charge in [-0.1, -0.05) is 24.3 Å². The highest BCUT2D eigenvalue weighted by Crippen LogP contribution is 2.24. The fraction of sp³-hybridized carbons (Fsp3) is 0. The number of hydrazine groups is 1. The third kappa shape index (κ3) is 3.54. The van der Waals surface area contributed by atoms with E-state index in [1.165, 1.54) is 11.3 Å². The Morgan fingerprint density at radius 1 is 0.889 bits per heavy atom. The van der Waals surface area contributed by atoms with Crippen LogP contribution in [-0.4, -0.2) is 21.8 Å². The molecule has 2 amide bonds. The maximum Gasteiger partial charge on any atom is 0.279 e. The molecule has 0 fully saturated rings. The number of hydrogen-bond donors (Lipinski definition) is 2. The number of carbonyl (C=O) groups excluding carboxylic acids is 2. The molecule has 0 bridgehead atoms. The molecule has 2 N–H and O–H groups in total. The zero-order chi connectivity index (χ0) is 18.6. The second-order valence-electron chi connectivity index (χ2n) is 5.69. The first-order valence-corrected chi connectivity index (χ1v) is 9.05. The van der Waals surface area contributed by atoms with Crippen molar-refractivity contribution in [1.29, 1.82) is 0 Å². The summed E-state index contributed by atoms with van der Waals surface area (Å²) < 4.78 is 0. The minimum Gasteiger partial charge on any atom is -0.267 e. The molecule has 27 heavy (non-hydrogen) atoms. The van der Waals surface area contributed by atoms with Gasteiger partial charge in [0.15, 0.2) is 0 Å². The van der Waals surface area contributed by atoms with Crippen LogP contribution < -0.4 is 10.9 Å². The lowest BCUT2D eigenvalue weighted by Gasteiger charge is -2.11. The number of thiophene rings is 1. The summed E-state index contributed by atoms with van der Waals surface area (Å²) in [6.45, 7) is 0. The predicted octanol–water partition coefficient (Wildman–Crippen LogP) is 3.43. The van der Waals surface area contributed by atoms with Crippen molar-refractivity contribution in [1.82, 2.24) is 20.8 Å². The number of amides is 2. The number of nitrogens with zero attached hydrogens (tertiary/aromatic N) is 2. The normalized spacial score (nSPS) is 10.5. The fourth-order valence-electron chi connectivity index (χ4n) is 2.68. The summed E-state index contributed by atoms with van der Waals surface area (Å²) in [5.41, 5.74) is 7.57. The summed E-state index contributed by atoms with van der Waals surface area (Å²) in [6.07, 6.45) is 3.35. The highest BCUT2D eigenvalue weighted by Gasteiger charge is 2.15. The predicted molar refractivity (Wildman–Crippen MR) is 104 cm³/mol. The van der Waals surface area contributed by atoms with Gasteiger partial charge < -0.3 is 0 Å². The molecule has 4 rings (SSSR count). The molecular formula is C20H14N4O2S. The Kier molecular flexibility index (Phi) is 4.59. The van der Waals surface area contributed by atoms with E-state index in [9.17, 15) is 9.59 Å². The lowest BCUT2D eigenvalue weighted by atomic mass is 10.0. The summed E-state index contributed by atoms with van der Waals surface area (Å²) in [4.78, 5) is 34.0. The molecule has 0 spiro atoms. The zero-order valence-electron chi connectivity index (χ0n) is 14.0. The number of benzene rings is 1. The first-order valence-electron chi connectivity index (χ1n) is 8.17. The number of pyridine rings is 2. The van der Waals surface area contributed by atoms with Crippen molar-refractivity contribution in [3.8, 4) is 11.3 Å². The smallest absolute Gasteiger partial charge is 0.267 e. The zero-order valence-corrected chi connectivity index (χ0v) is 14.9. The lowest BCUT2D eigenvalue weighted by molar-refractivity contribution is 0.0850. The van der Waals surface area contributed by atoms with Gasteiger partial charge >= 0.3 is 0 Å². The third-order valence-electron chi connectivity index (χ3n) is 3.97. The van der Waals surface area contributed by atoms with Crippen molar-refractivity contribution in [3.05, 3.63) is 82.8 Å². The van der Waals surface area contributed by atoms with Gasteiger partial charge in [-0.25, -0.2) is 4.98 Å². The van der Waals surface area contributed by atoms with E-state index in [0.717, 1.165) is 5.56 Å².